The third-order valence-corrected chi connectivity index (χ3v) is 3.81. The molecule has 2 atom stereocenters. The van der Waals surface area contributed by atoms with Gasteiger partial charge in [0.15, 0.2) is 0 Å². The summed E-state index contributed by atoms with van der Waals surface area (Å²) in [5.74, 6) is -1.06. The van der Waals surface area contributed by atoms with Crippen LogP contribution in [0.15, 0.2) is 25.3 Å². The van der Waals surface area contributed by atoms with Crippen molar-refractivity contribution in [2.75, 3.05) is 52.9 Å². The Morgan fingerprint density at radius 3 is 2.54 bits per heavy atom. The zero-order valence-corrected chi connectivity index (χ0v) is 15.3. The van der Waals surface area contributed by atoms with Crippen LogP contribution in [0.25, 0.3) is 0 Å². The van der Waals surface area contributed by atoms with Crippen molar-refractivity contribution in [1.82, 2.24) is 0 Å². The Balaban J connectivity index is 2.49. The summed E-state index contributed by atoms with van der Waals surface area (Å²) in [7, 11) is 0. The Kier molecular flexibility index (Phi) is 10.8. The zero-order valence-electron chi connectivity index (χ0n) is 15.3. The molecule has 0 aromatic rings. The Morgan fingerprint density at radius 1 is 1.12 bits per heavy atom. The van der Waals surface area contributed by atoms with Crippen molar-refractivity contribution in [1.29, 1.82) is 0 Å². The molecule has 1 aliphatic rings. The second-order valence-corrected chi connectivity index (χ2v) is 5.79. The molecule has 1 heterocycles. The van der Waals surface area contributed by atoms with Gasteiger partial charge in [-0.15, -0.1) is 0 Å². The molecule has 0 aromatic heterocycles. The van der Waals surface area contributed by atoms with Crippen LogP contribution in [0.4, 0.5) is 0 Å². The van der Waals surface area contributed by atoms with Gasteiger partial charge in [0.2, 0.25) is 6.29 Å². The normalized spacial score (nSPS) is 24.3. The lowest BCUT2D eigenvalue weighted by Crippen LogP contribution is -2.40. The monoisotopic (exact) mass is 372 g/mol. The first-order valence-electron chi connectivity index (χ1n) is 8.52. The SMILES string of the molecule is C=CC(=O)OCCOCC1(CC)COCCOC(OC(=O)C=C)COC1. The van der Waals surface area contributed by atoms with Crippen molar-refractivity contribution >= 4 is 11.9 Å². The highest BCUT2D eigenvalue weighted by atomic mass is 16.7. The van der Waals surface area contributed by atoms with Crippen molar-refractivity contribution < 1.29 is 38.0 Å². The minimum absolute atomic E-state index is 0.109. The summed E-state index contributed by atoms with van der Waals surface area (Å²) >= 11 is 0. The van der Waals surface area contributed by atoms with E-state index in [2.05, 4.69) is 13.2 Å². The first kappa shape index (κ1) is 22.3. The first-order chi connectivity index (χ1) is 12.5. The highest BCUT2D eigenvalue weighted by molar-refractivity contribution is 5.81. The quantitative estimate of drug-likeness (QED) is 0.339. The van der Waals surface area contributed by atoms with E-state index in [1.807, 2.05) is 6.92 Å². The number of hydrogen-bond acceptors (Lipinski definition) is 8. The molecule has 1 fully saturated rings. The molecule has 0 bridgehead atoms. The van der Waals surface area contributed by atoms with Gasteiger partial charge >= 0.3 is 11.9 Å². The Labute approximate surface area is 154 Å². The van der Waals surface area contributed by atoms with Crippen LogP contribution in [0.1, 0.15) is 13.3 Å². The van der Waals surface area contributed by atoms with Gasteiger partial charge in [-0.2, -0.15) is 0 Å². The summed E-state index contributed by atoms with van der Waals surface area (Å²) < 4.78 is 32.4. The molecule has 0 aromatic carbocycles. The molecule has 148 valence electrons. The number of carbonyl (C=O) groups excluding carboxylic acids is 2. The standard InChI is InChI=1S/C18H28O8/c1-4-15(19)24-9-7-21-12-18(6-3)13-22-8-10-25-17(11-23-14-18)26-16(20)5-2/h4-5,17H,1-2,6-14H2,3H3. The molecule has 0 spiro atoms. The molecule has 0 radical (unpaired) electrons. The van der Waals surface area contributed by atoms with Gasteiger partial charge in [0.25, 0.3) is 0 Å². The van der Waals surface area contributed by atoms with Crippen molar-refractivity contribution in [3.05, 3.63) is 25.3 Å². The molecule has 1 rings (SSSR count). The fraction of sp³-hybridized carbons (Fsp3) is 0.667. The molecule has 26 heavy (non-hydrogen) atoms. The van der Waals surface area contributed by atoms with Crippen LogP contribution in [0.2, 0.25) is 0 Å². The predicted molar refractivity (Wildman–Crippen MR) is 92.4 cm³/mol. The van der Waals surface area contributed by atoms with E-state index in [-0.39, 0.29) is 31.8 Å². The van der Waals surface area contributed by atoms with Crippen LogP contribution in [0, 0.1) is 5.41 Å². The highest BCUT2D eigenvalue weighted by Gasteiger charge is 2.31. The van der Waals surface area contributed by atoms with Crippen LogP contribution < -0.4 is 0 Å². The third-order valence-electron chi connectivity index (χ3n) is 3.81. The van der Waals surface area contributed by atoms with E-state index in [4.69, 9.17) is 28.4 Å². The van der Waals surface area contributed by atoms with Gasteiger partial charge < -0.3 is 28.4 Å². The van der Waals surface area contributed by atoms with Crippen LogP contribution >= 0.6 is 0 Å². The number of esters is 2. The summed E-state index contributed by atoms with van der Waals surface area (Å²) in [6.45, 7) is 11.0. The molecule has 8 heteroatoms. The topological polar surface area (TPSA) is 89.5 Å². The number of rotatable bonds is 9. The lowest BCUT2D eigenvalue weighted by atomic mass is 9.88. The molecule has 0 amide bonds. The van der Waals surface area contributed by atoms with Gasteiger partial charge in [0, 0.05) is 17.6 Å². The zero-order chi connectivity index (χ0) is 19.3. The van der Waals surface area contributed by atoms with Crippen LogP contribution in [0.5, 0.6) is 0 Å². The molecule has 1 saturated heterocycles. The average Bonchev–Trinajstić information content (AvgIpc) is 2.66. The van der Waals surface area contributed by atoms with Crippen molar-refractivity contribution in [2.45, 2.75) is 19.6 Å². The van der Waals surface area contributed by atoms with Crippen LogP contribution in [-0.4, -0.2) is 71.1 Å². The van der Waals surface area contributed by atoms with E-state index < -0.39 is 18.2 Å². The molecule has 2 unspecified atom stereocenters. The van der Waals surface area contributed by atoms with Crippen LogP contribution in [0.3, 0.4) is 0 Å². The second-order valence-electron chi connectivity index (χ2n) is 5.79. The third kappa shape index (κ3) is 8.57. The molecule has 0 saturated carbocycles. The second kappa shape index (κ2) is 12.6. The smallest absolute Gasteiger partial charge is 0.332 e. The van der Waals surface area contributed by atoms with E-state index in [1.54, 1.807) is 0 Å². The maximum Gasteiger partial charge on any atom is 0.332 e. The minimum atomic E-state index is -0.809. The molecular formula is C18H28O8. The van der Waals surface area contributed by atoms with Gasteiger partial charge in [0.1, 0.15) is 13.2 Å². The summed E-state index contributed by atoms with van der Waals surface area (Å²) in [5, 5.41) is 0. The molecule has 0 aliphatic carbocycles. The van der Waals surface area contributed by atoms with Crippen molar-refractivity contribution in [3.63, 3.8) is 0 Å². The minimum Gasteiger partial charge on any atom is -0.460 e. The Morgan fingerprint density at radius 2 is 1.85 bits per heavy atom. The van der Waals surface area contributed by atoms with Crippen LogP contribution in [-0.2, 0) is 38.0 Å². The molecular weight excluding hydrogens is 344 g/mol. The van der Waals surface area contributed by atoms with Gasteiger partial charge in [0.05, 0.1) is 39.6 Å². The van der Waals surface area contributed by atoms with E-state index in [0.717, 1.165) is 18.6 Å². The average molecular weight is 372 g/mol. The maximum absolute atomic E-state index is 11.3. The van der Waals surface area contributed by atoms with E-state index in [1.165, 1.54) is 0 Å². The Hall–Kier alpha value is -1.74. The number of hydrogen-bond donors (Lipinski definition) is 0. The fourth-order valence-corrected chi connectivity index (χ4v) is 2.17. The maximum atomic E-state index is 11.3. The summed E-state index contributed by atoms with van der Waals surface area (Å²) in [4.78, 5) is 22.3. The summed E-state index contributed by atoms with van der Waals surface area (Å²) in [6.07, 6.45) is 2.13. The lowest BCUT2D eigenvalue weighted by Gasteiger charge is -2.33. The lowest BCUT2D eigenvalue weighted by molar-refractivity contribution is -0.201. The van der Waals surface area contributed by atoms with Gasteiger partial charge in [-0.25, -0.2) is 9.59 Å². The highest BCUT2D eigenvalue weighted by Crippen LogP contribution is 2.24. The number of carbonyl (C=O) groups is 2. The molecule has 0 N–H and O–H groups in total. The van der Waals surface area contributed by atoms with Crippen molar-refractivity contribution in [3.8, 4) is 0 Å². The molecule has 1 aliphatic heterocycles. The number of ether oxygens (including phenoxy) is 6. The van der Waals surface area contributed by atoms with E-state index in [0.29, 0.717) is 26.4 Å². The van der Waals surface area contributed by atoms with Gasteiger partial charge in [-0.3, -0.25) is 0 Å². The van der Waals surface area contributed by atoms with Gasteiger partial charge in [-0.05, 0) is 6.42 Å². The van der Waals surface area contributed by atoms with Crippen molar-refractivity contribution in [2.24, 2.45) is 5.41 Å². The fourth-order valence-electron chi connectivity index (χ4n) is 2.17. The summed E-state index contributed by atoms with van der Waals surface area (Å²) in [6, 6.07) is 0. The first-order valence-corrected chi connectivity index (χ1v) is 8.52. The largest absolute Gasteiger partial charge is 0.460 e. The van der Waals surface area contributed by atoms with E-state index in [9.17, 15) is 9.59 Å². The van der Waals surface area contributed by atoms with Gasteiger partial charge in [-0.1, -0.05) is 20.1 Å². The Bertz CT molecular complexity index is 464. The molecule has 8 nitrogen and oxygen atoms in total. The van der Waals surface area contributed by atoms with E-state index >= 15 is 0 Å². The predicted octanol–water partition coefficient (Wildman–Crippen LogP) is 1.25. The summed E-state index contributed by atoms with van der Waals surface area (Å²) in [5.41, 5.74) is -0.354.